The lowest BCUT2D eigenvalue weighted by Gasteiger charge is -2.30. The zero-order chi connectivity index (χ0) is 13.5. The van der Waals surface area contributed by atoms with Gasteiger partial charge in [0.15, 0.2) is 0 Å². The zero-order valence-electron chi connectivity index (χ0n) is 10.9. The summed E-state index contributed by atoms with van der Waals surface area (Å²) in [6, 6.07) is 0. The summed E-state index contributed by atoms with van der Waals surface area (Å²) in [5, 5.41) is 28.0. The quantitative estimate of drug-likeness (QED) is 0.568. The normalized spacial score (nSPS) is 20.6. The van der Waals surface area contributed by atoms with E-state index >= 15 is 0 Å². The van der Waals surface area contributed by atoms with E-state index in [4.69, 9.17) is 0 Å². The van der Waals surface area contributed by atoms with Gasteiger partial charge in [-0.1, -0.05) is 6.92 Å². The second-order valence-corrected chi connectivity index (χ2v) is 8.45. The van der Waals surface area contributed by atoms with Crippen molar-refractivity contribution in [3.8, 4) is 0 Å². The fraction of sp³-hybridized carbons (Fsp3) is 1.00. The Morgan fingerprint density at radius 3 is 1.18 bits per heavy atom. The molecule has 0 aromatic rings. The van der Waals surface area contributed by atoms with E-state index in [0.717, 1.165) is 17.3 Å². The van der Waals surface area contributed by atoms with Gasteiger partial charge in [0.05, 0.1) is 16.3 Å². The van der Waals surface area contributed by atoms with Crippen molar-refractivity contribution < 1.29 is 15.3 Å². The minimum absolute atomic E-state index is 0.00493. The van der Waals surface area contributed by atoms with Crippen molar-refractivity contribution in [1.29, 1.82) is 0 Å². The maximum atomic E-state index is 9.32. The van der Waals surface area contributed by atoms with E-state index in [-0.39, 0.29) is 21.7 Å². The van der Waals surface area contributed by atoms with Crippen LogP contribution in [0.15, 0.2) is 0 Å². The van der Waals surface area contributed by atoms with Gasteiger partial charge in [0.1, 0.15) is 0 Å². The zero-order valence-corrected chi connectivity index (χ0v) is 13.4. The highest BCUT2D eigenvalue weighted by Gasteiger charge is 2.26. The molecule has 0 fully saturated rings. The molecule has 0 saturated carbocycles. The largest absolute Gasteiger partial charge is 0.383 e. The highest BCUT2D eigenvalue weighted by molar-refractivity contribution is 8.01. The number of hydrogen-bond donors (Lipinski definition) is 3. The number of thioether (sulfide) groups is 3. The predicted octanol–water partition coefficient (Wildman–Crippen LogP) is 2.21. The second-order valence-electron chi connectivity index (χ2n) is 4.54. The highest BCUT2D eigenvalue weighted by atomic mass is 32.2. The Kier molecular flexibility index (Phi) is 9.42. The Bertz CT molecular complexity index is 167. The molecule has 0 heterocycles. The Morgan fingerprint density at radius 2 is 1.00 bits per heavy atom. The third kappa shape index (κ3) is 10.5. The van der Waals surface area contributed by atoms with Crippen LogP contribution in [0.3, 0.4) is 0 Å². The summed E-state index contributed by atoms with van der Waals surface area (Å²) in [4.78, 5) is 0. The summed E-state index contributed by atoms with van der Waals surface area (Å²) >= 11 is 4.52. The van der Waals surface area contributed by atoms with Gasteiger partial charge in [0.2, 0.25) is 0 Å². The molecule has 0 spiro atoms. The van der Waals surface area contributed by atoms with Gasteiger partial charge in [-0.05, 0) is 26.2 Å². The third-order valence-corrected chi connectivity index (χ3v) is 6.06. The molecule has 0 rings (SSSR count). The van der Waals surface area contributed by atoms with E-state index in [1.165, 1.54) is 35.3 Å². The number of hydrogen-bond acceptors (Lipinski definition) is 6. The molecule has 0 aliphatic carbocycles. The van der Waals surface area contributed by atoms with Gasteiger partial charge in [0.25, 0.3) is 0 Å². The van der Waals surface area contributed by atoms with E-state index in [2.05, 4.69) is 6.92 Å². The molecule has 0 aliphatic heterocycles. The minimum atomic E-state index is -0.373. The number of aliphatic hydroxyl groups is 3. The van der Waals surface area contributed by atoms with Gasteiger partial charge in [-0.3, -0.25) is 0 Å². The summed E-state index contributed by atoms with van der Waals surface area (Å²) in [6.07, 6.45) is 0. The summed E-state index contributed by atoms with van der Waals surface area (Å²) in [5.74, 6) is 2.47. The van der Waals surface area contributed by atoms with Crippen LogP contribution in [0.5, 0.6) is 0 Å². The Morgan fingerprint density at radius 1 is 0.765 bits per heavy atom. The lowest BCUT2D eigenvalue weighted by molar-refractivity contribution is 0.280. The number of rotatable bonds is 9. The van der Waals surface area contributed by atoms with Crippen molar-refractivity contribution in [2.45, 2.75) is 44.0 Å². The lowest BCUT2D eigenvalue weighted by Crippen LogP contribution is -2.28. The van der Waals surface area contributed by atoms with Crippen LogP contribution >= 0.6 is 35.3 Å². The Hall–Kier alpha value is 0.930. The Labute approximate surface area is 117 Å². The molecule has 3 N–H and O–H groups in total. The van der Waals surface area contributed by atoms with Crippen LogP contribution in [0.1, 0.15) is 27.7 Å². The predicted molar refractivity (Wildman–Crippen MR) is 80.5 cm³/mol. The lowest BCUT2D eigenvalue weighted by atomic mass is 9.99. The molecule has 0 radical (unpaired) electrons. The molecule has 0 saturated heterocycles. The topological polar surface area (TPSA) is 60.7 Å². The molecule has 0 aromatic heterocycles. The highest BCUT2D eigenvalue weighted by Crippen LogP contribution is 2.33. The van der Waals surface area contributed by atoms with Gasteiger partial charge in [-0.15, -0.1) is 35.3 Å². The van der Waals surface area contributed by atoms with Crippen molar-refractivity contribution in [3.63, 3.8) is 0 Å². The van der Waals surface area contributed by atoms with Gasteiger partial charge in [-0.25, -0.2) is 0 Å². The van der Waals surface area contributed by atoms with Crippen molar-refractivity contribution in [2.75, 3.05) is 17.3 Å². The average molecular weight is 301 g/mol. The maximum absolute atomic E-state index is 9.32. The molecule has 17 heavy (non-hydrogen) atoms. The van der Waals surface area contributed by atoms with Crippen LogP contribution in [0, 0.1) is 5.41 Å². The monoisotopic (exact) mass is 300 g/mol. The third-order valence-electron chi connectivity index (χ3n) is 2.02. The van der Waals surface area contributed by atoms with E-state index < -0.39 is 0 Å². The fourth-order valence-corrected chi connectivity index (χ4v) is 4.02. The van der Waals surface area contributed by atoms with Crippen LogP contribution in [-0.2, 0) is 0 Å². The molecule has 3 atom stereocenters. The van der Waals surface area contributed by atoms with Crippen LogP contribution in [0.25, 0.3) is 0 Å². The summed E-state index contributed by atoms with van der Waals surface area (Å²) in [7, 11) is 0. The molecular formula is C11H24O3S3. The molecule has 3 unspecified atom stereocenters. The van der Waals surface area contributed by atoms with Crippen molar-refractivity contribution >= 4 is 35.3 Å². The summed E-state index contributed by atoms with van der Waals surface area (Å²) in [5.41, 5.74) is -1.11. The van der Waals surface area contributed by atoms with Gasteiger partial charge >= 0.3 is 0 Å². The van der Waals surface area contributed by atoms with Crippen LogP contribution in [-0.4, -0.2) is 48.9 Å². The first-order valence-corrected chi connectivity index (χ1v) is 8.79. The Balaban J connectivity index is 4.23. The first-order chi connectivity index (χ1) is 7.75. The molecule has 104 valence electrons. The van der Waals surface area contributed by atoms with Crippen molar-refractivity contribution in [2.24, 2.45) is 5.41 Å². The van der Waals surface area contributed by atoms with E-state index in [0.29, 0.717) is 0 Å². The van der Waals surface area contributed by atoms with Crippen molar-refractivity contribution in [1.82, 2.24) is 0 Å². The van der Waals surface area contributed by atoms with Gasteiger partial charge in [0, 0.05) is 17.3 Å². The SMILES string of the molecule is CC(O)SCC(C)(CSC(C)O)CSC(C)O. The van der Waals surface area contributed by atoms with Crippen LogP contribution in [0.4, 0.5) is 0 Å². The number of aliphatic hydroxyl groups excluding tert-OH is 3. The first-order valence-electron chi connectivity index (χ1n) is 5.64. The van der Waals surface area contributed by atoms with Crippen molar-refractivity contribution in [3.05, 3.63) is 0 Å². The second kappa shape index (κ2) is 8.93. The molecule has 0 bridgehead atoms. The molecule has 0 aromatic carbocycles. The summed E-state index contributed by atoms with van der Waals surface area (Å²) < 4.78 is 0. The van der Waals surface area contributed by atoms with Gasteiger partial charge < -0.3 is 15.3 Å². The molecule has 0 amide bonds. The minimum Gasteiger partial charge on any atom is -0.383 e. The first kappa shape index (κ1) is 17.9. The molecule has 6 heteroatoms. The fourth-order valence-electron chi connectivity index (χ4n) is 1.09. The van der Waals surface area contributed by atoms with E-state index in [1.54, 1.807) is 20.8 Å². The van der Waals surface area contributed by atoms with Crippen LogP contribution in [0.2, 0.25) is 0 Å². The molecule has 0 aliphatic rings. The van der Waals surface area contributed by atoms with E-state index in [9.17, 15) is 15.3 Å². The van der Waals surface area contributed by atoms with Gasteiger partial charge in [-0.2, -0.15) is 0 Å². The van der Waals surface area contributed by atoms with Crippen LogP contribution < -0.4 is 0 Å². The average Bonchev–Trinajstić information content (AvgIpc) is 2.21. The standard InChI is InChI=1S/C11H24O3S3/c1-8(12)15-5-11(4,6-16-9(2)13)7-17-10(3)14/h8-10,12-14H,5-7H2,1-4H3. The summed E-state index contributed by atoms with van der Waals surface area (Å²) in [6.45, 7) is 7.41. The smallest absolute Gasteiger partial charge is 0.0964 e. The molecule has 3 nitrogen and oxygen atoms in total. The molecular weight excluding hydrogens is 276 g/mol. The maximum Gasteiger partial charge on any atom is 0.0964 e. The van der Waals surface area contributed by atoms with E-state index in [1.807, 2.05) is 0 Å².